The summed E-state index contributed by atoms with van der Waals surface area (Å²) in [5.74, 6) is 0.158. The van der Waals surface area contributed by atoms with Crippen molar-refractivity contribution in [3.8, 4) is 0 Å². The molecule has 1 heterocycles. The highest BCUT2D eigenvalue weighted by Gasteiger charge is 2.26. The third-order valence-electron chi connectivity index (χ3n) is 5.38. The van der Waals surface area contributed by atoms with Gasteiger partial charge in [-0.25, -0.2) is 0 Å². The van der Waals surface area contributed by atoms with Crippen LogP contribution in [0.4, 0.5) is 5.69 Å². The molecule has 0 bridgehead atoms. The molecule has 2 aromatic rings. The summed E-state index contributed by atoms with van der Waals surface area (Å²) in [5.41, 5.74) is 4.26. The summed E-state index contributed by atoms with van der Waals surface area (Å²) in [4.78, 5) is 26.5. The van der Waals surface area contributed by atoms with Gasteiger partial charge in [0.25, 0.3) is 5.91 Å². The van der Waals surface area contributed by atoms with Crippen molar-refractivity contribution in [3.63, 3.8) is 0 Å². The van der Waals surface area contributed by atoms with Gasteiger partial charge >= 0.3 is 0 Å². The van der Waals surface area contributed by atoms with Crippen LogP contribution < -0.4 is 5.32 Å². The van der Waals surface area contributed by atoms with Gasteiger partial charge < -0.3 is 10.2 Å². The van der Waals surface area contributed by atoms with Crippen molar-refractivity contribution < 1.29 is 9.59 Å². The number of anilines is 1. The Morgan fingerprint density at radius 3 is 2.38 bits per heavy atom. The van der Waals surface area contributed by atoms with E-state index in [4.69, 9.17) is 0 Å². The minimum Gasteiger partial charge on any atom is -0.335 e. The van der Waals surface area contributed by atoms with Gasteiger partial charge in [-0.2, -0.15) is 5.10 Å². The normalized spacial score (nSPS) is 15.2. The smallest absolute Gasteiger partial charge is 0.254 e. The molecule has 0 unspecified atom stereocenters. The fourth-order valence-electron chi connectivity index (χ4n) is 3.36. The second kappa shape index (κ2) is 7.32. The Morgan fingerprint density at radius 1 is 1.23 bits per heavy atom. The van der Waals surface area contributed by atoms with Crippen LogP contribution in [-0.2, 0) is 4.79 Å². The van der Waals surface area contributed by atoms with E-state index in [1.165, 1.54) is 0 Å². The Balaban J connectivity index is 1.68. The lowest BCUT2D eigenvalue weighted by molar-refractivity contribution is -0.122. The molecule has 3 rings (SSSR count). The van der Waals surface area contributed by atoms with E-state index in [9.17, 15) is 9.59 Å². The molecule has 2 amide bonds. The standard InChI is InChI=1S/C20H26N4O2/c1-12-18(13(2)23-22-12)14(3)24(4)20(26)16-8-10-17(11-9-16)21-19(25)15-6-5-7-15/h8-11,14-15H,5-7H2,1-4H3,(H,21,25)(H,22,23)/t14-/m1/s1. The molecule has 6 nitrogen and oxygen atoms in total. The molecule has 1 aromatic carbocycles. The van der Waals surface area contributed by atoms with Gasteiger partial charge in [0.05, 0.1) is 11.7 Å². The topological polar surface area (TPSA) is 78.1 Å². The van der Waals surface area contributed by atoms with Gasteiger partial charge in [0.2, 0.25) is 5.91 Å². The third-order valence-corrected chi connectivity index (χ3v) is 5.38. The molecule has 6 heteroatoms. The van der Waals surface area contributed by atoms with Gasteiger partial charge in [-0.15, -0.1) is 0 Å². The van der Waals surface area contributed by atoms with Crippen molar-refractivity contribution in [1.82, 2.24) is 15.1 Å². The van der Waals surface area contributed by atoms with Crippen LogP contribution in [0.1, 0.15) is 59.5 Å². The fourth-order valence-corrected chi connectivity index (χ4v) is 3.36. The monoisotopic (exact) mass is 354 g/mol. The summed E-state index contributed by atoms with van der Waals surface area (Å²) in [5, 5.41) is 10.1. The number of rotatable bonds is 5. The molecule has 138 valence electrons. The maximum atomic E-state index is 12.8. The molecule has 26 heavy (non-hydrogen) atoms. The summed E-state index contributed by atoms with van der Waals surface area (Å²) in [6.07, 6.45) is 3.07. The van der Waals surface area contributed by atoms with Crippen molar-refractivity contribution in [2.24, 2.45) is 5.92 Å². The summed E-state index contributed by atoms with van der Waals surface area (Å²) in [6, 6.07) is 7.01. The predicted octanol–water partition coefficient (Wildman–Crippen LogP) is 3.60. The molecule has 0 aliphatic heterocycles. The minimum atomic E-state index is -0.0840. The zero-order chi connectivity index (χ0) is 18.8. The lowest BCUT2D eigenvalue weighted by Gasteiger charge is -2.26. The van der Waals surface area contributed by atoms with Crippen LogP contribution in [-0.4, -0.2) is 34.0 Å². The van der Waals surface area contributed by atoms with E-state index in [-0.39, 0.29) is 23.8 Å². The van der Waals surface area contributed by atoms with E-state index in [1.807, 2.05) is 20.8 Å². The summed E-state index contributed by atoms with van der Waals surface area (Å²) < 4.78 is 0. The van der Waals surface area contributed by atoms with E-state index in [0.717, 1.165) is 41.9 Å². The first-order chi connectivity index (χ1) is 12.4. The average Bonchev–Trinajstić information content (AvgIpc) is 2.90. The van der Waals surface area contributed by atoms with Gasteiger partial charge in [-0.1, -0.05) is 6.42 Å². The second-order valence-corrected chi connectivity index (χ2v) is 7.13. The van der Waals surface area contributed by atoms with Crippen molar-refractivity contribution >= 4 is 17.5 Å². The maximum Gasteiger partial charge on any atom is 0.254 e. The van der Waals surface area contributed by atoms with Crippen LogP contribution in [0.2, 0.25) is 0 Å². The molecule has 2 N–H and O–H groups in total. The minimum absolute atomic E-state index is 0.0608. The molecule has 1 aliphatic rings. The summed E-state index contributed by atoms with van der Waals surface area (Å²) >= 11 is 0. The van der Waals surface area contributed by atoms with E-state index < -0.39 is 0 Å². The number of carbonyl (C=O) groups excluding carboxylic acids is 2. The number of nitrogens with one attached hydrogen (secondary N) is 2. The molecular formula is C20H26N4O2. The van der Waals surface area contributed by atoms with Crippen molar-refractivity contribution in [3.05, 3.63) is 46.8 Å². The van der Waals surface area contributed by atoms with Crippen molar-refractivity contribution in [2.45, 2.75) is 46.1 Å². The number of hydrogen-bond donors (Lipinski definition) is 2. The fraction of sp³-hybridized carbons (Fsp3) is 0.450. The molecular weight excluding hydrogens is 328 g/mol. The highest BCUT2D eigenvalue weighted by Crippen LogP contribution is 2.28. The second-order valence-electron chi connectivity index (χ2n) is 7.13. The molecule has 1 atom stereocenters. The SMILES string of the molecule is Cc1n[nH]c(C)c1[C@@H](C)N(C)C(=O)c1ccc(NC(=O)C2CCC2)cc1. The zero-order valence-electron chi connectivity index (χ0n) is 15.8. The van der Waals surface area contributed by atoms with Crippen LogP contribution in [0.5, 0.6) is 0 Å². The number of aryl methyl sites for hydroxylation is 2. The number of amides is 2. The predicted molar refractivity (Wildman–Crippen MR) is 101 cm³/mol. The van der Waals surface area contributed by atoms with Gasteiger partial charge in [0, 0.05) is 35.5 Å². The number of H-pyrrole nitrogens is 1. The van der Waals surface area contributed by atoms with Gasteiger partial charge in [0.15, 0.2) is 0 Å². The van der Waals surface area contributed by atoms with Crippen LogP contribution in [0, 0.1) is 19.8 Å². The van der Waals surface area contributed by atoms with Crippen LogP contribution in [0.25, 0.3) is 0 Å². The lowest BCUT2D eigenvalue weighted by atomic mass is 9.85. The van der Waals surface area contributed by atoms with Gasteiger partial charge in [-0.3, -0.25) is 14.7 Å². The van der Waals surface area contributed by atoms with Gasteiger partial charge in [0.1, 0.15) is 0 Å². The highest BCUT2D eigenvalue weighted by atomic mass is 16.2. The highest BCUT2D eigenvalue weighted by molar-refractivity contribution is 5.96. The number of hydrogen-bond acceptors (Lipinski definition) is 3. The molecule has 0 radical (unpaired) electrons. The first-order valence-corrected chi connectivity index (χ1v) is 9.08. The molecule has 1 saturated carbocycles. The first-order valence-electron chi connectivity index (χ1n) is 9.08. The summed E-state index contributed by atoms with van der Waals surface area (Å²) in [6.45, 7) is 5.90. The van der Waals surface area contributed by atoms with E-state index in [0.29, 0.717) is 5.56 Å². The zero-order valence-corrected chi connectivity index (χ0v) is 15.8. The number of aromatic nitrogens is 2. The first kappa shape index (κ1) is 18.2. The molecule has 0 spiro atoms. The molecule has 1 fully saturated rings. The quantitative estimate of drug-likeness (QED) is 0.861. The Labute approximate surface area is 154 Å². The van der Waals surface area contributed by atoms with Crippen molar-refractivity contribution in [1.29, 1.82) is 0 Å². The molecule has 1 aromatic heterocycles. The molecule has 0 saturated heterocycles. The van der Waals surface area contributed by atoms with Gasteiger partial charge in [-0.05, 0) is 57.9 Å². The van der Waals surface area contributed by atoms with Crippen LogP contribution >= 0.6 is 0 Å². The third kappa shape index (κ3) is 3.49. The molecule has 1 aliphatic carbocycles. The number of carbonyl (C=O) groups is 2. The van der Waals surface area contributed by atoms with E-state index in [1.54, 1.807) is 36.2 Å². The lowest BCUT2D eigenvalue weighted by Crippen LogP contribution is -2.30. The number of benzene rings is 1. The number of nitrogens with zero attached hydrogens (tertiary/aromatic N) is 2. The van der Waals surface area contributed by atoms with E-state index in [2.05, 4.69) is 15.5 Å². The Bertz CT molecular complexity index is 786. The Morgan fingerprint density at radius 2 is 1.88 bits per heavy atom. The largest absolute Gasteiger partial charge is 0.335 e. The van der Waals surface area contributed by atoms with E-state index >= 15 is 0 Å². The van der Waals surface area contributed by atoms with Crippen molar-refractivity contribution in [2.75, 3.05) is 12.4 Å². The Kier molecular flexibility index (Phi) is 5.11. The Hall–Kier alpha value is -2.63. The van der Waals surface area contributed by atoms with Crippen LogP contribution in [0.3, 0.4) is 0 Å². The number of aromatic amines is 1. The maximum absolute atomic E-state index is 12.8. The average molecular weight is 354 g/mol. The van der Waals surface area contributed by atoms with Crippen LogP contribution in [0.15, 0.2) is 24.3 Å². The summed E-state index contributed by atoms with van der Waals surface area (Å²) in [7, 11) is 1.80.